The largest absolute Gasteiger partial charge is 0.481 e. The Morgan fingerprint density at radius 3 is 2.58 bits per heavy atom. The molecule has 1 heterocycles. The van der Waals surface area contributed by atoms with Crippen molar-refractivity contribution in [3.8, 4) is 0 Å². The highest BCUT2D eigenvalue weighted by Crippen LogP contribution is 2.31. The molecule has 7 nitrogen and oxygen atoms in total. The number of carboxylic acids is 1. The third-order valence-electron chi connectivity index (χ3n) is 4.78. The van der Waals surface area contributed by atoms with Crippen LogP contribution in [-0.4, -0.2) is 61.1 Å². The highest BCUT2D eigenvalue weighted by atomic mass is 16.5. The Labute approximate surface area is 153 Å². The fourth-order valence-corrected chi connectivity index (χ4v) is 3.10. The van der Waals surface area contributed by atoms with E-state index in [1.807, 2.05) is 31.2 Å². The van der Waals surface area contributed by atoms with Crippen molar-refractivity contribution in [2.24, 2.45) is 5.41 Å². The van der Waals surface area contributed by atoms with Crippen molar-refractivity contribution < 1.29 is 24.2 Å². The number of nitrogens with one attached hydrogen (secondary N) is 1. The lowest BCUT2D eigenvalue weighted by atomic mass is 9.88. The van der Waals surface area contributed by atoms with Gasteiger partial charge in [-0.3, -0.25) is 14.4 Å². The van der Waals surface area contributed by atoms with Gasteiger partial charge >= 0.3 is 5.97 Å². The molecule has 0 bridgehead atoms. The van der Waals surface area contributed by atoms with Gasteiger partial charge in [0.15, 0.2) is 0 Å². The quantitative estimate of drug-likeness (QED) is 0.719. The minimum atomic E-state index is -1.06. The highest BCUT2D eigenvalue weighted by Gasteiger charge is 2.46. The number of benzene rings is 1. The van der Waals surface area contributed by atoms with E-state index in [9.17, 15) is 19.5 Å². The molecule has 7 heteroatoms. The first-order valence-electron chi connectivity index (χ1n) is 8.69. The van der Waals surface area contributed by atoms with Gasteiger partial charge in [-0.05, 0) is 25.3 Å². The standard InChI is InChI=1S/C19H26N2O5/c1-14-3-5-15(6-4-14)7-8-16(22)20-11-17(23)21-10-9-19(12-21,13-26-2)18(24)25/h3-6H,7-13H2,1-2H3,(H,20,22)(H,24,25). The summed E-state index contributed by atoms with van der Waals surface area (Å²) in [5.74, 6) is -1.43. The topological polar surface area (TPSA) is 95.9 Å². The van der Waals surface area contributed by atoms with E-state index in [0.717, 1.165) is 5.56 Å². The summed E-state index contributed by atoms with van der Waals surface area (Å²) < 4.78 is 5.01. The normalized spacial score (nSPS) is 19.4. The van der Waals surface area contributed by atoms with Crippen LogP contribution in [0.3, 0.4) is 0 Å². The van der Waals surface area contributed by atoms with E-state index in [1.165, 1.54) is 17.6 Å². The second kappa shape index (κ2) is 8.80. The molecule has 2 N–H and O–H groups in total. The molecule has 1 fully saturated rings. The summed E-state index contributed by atoms with van der Waals surface area (Å²) in [5.41, 5.74) is 1.18. The Bertz CT molecular complexity index is 658. The van der Waals surface area contributed by atoms with E-state index in [4.69, 9.17) is 4.74 Å². The second-order valence-corrected chi connectivity index (χ2v) is 6.85. The monoisotopic (exact) mass is 362 g/mol. The summed E-state index contributed by atoms with van der Waals surface area (Å²) in [6, 6.07) is 7.97. The van der Waals surface area contributed by atoms with Gasteiger partial charge in [0, 0.05) is 26.6 Å². The number of carbonyl (C=O) groups is 3. The van der Waals surface area contributed by atoms with Crippen LogP contribution in [-0.2, 0) is 25.5 Å². The number of rotatable bonds is 8. The van der Waals surface area contributed by atoms with Gasteiger partial charge in [0.2, 0.25) is 11.8 Å². The van der Waals surface area contributed by atoms with Crippen LogP contribution >= 0.6 is 0 Å². The molecule has 0 spiro atoms. The van der Waals surface area contributed by atoms with Crippen LogP contribution in [0, 0.1) is 12.3 Å². The number of aryl methyl sites for hydroxylation is 2. The van der Waals surface area contributed by atoms with Gasteiger partial charge in [-0.1, -0.05) is 29.8 Å². The number of methoxy groups -OCH3 is 1. The number of hydrogen-bond donors (Lipinski definition) is 2. The van der Waals surface area contributed by atoms with Crippen molar-refractivity contribution in [3.05, 3.63) is 35.4 Å². The lowest BCUT2D eigenvalue weighted by molar-refractivity contribution is -0.151. The Balaban J connectivity index is 1.76. The van der Waals surface area contributed by atoms with Crippen LogP contribution in [0.15, 0.2) is 24.3 Å². The highest BCUT2D eigenvalue weighted by molar-refractivity contribution is 5.86. The predicted octanol–water partition coefficient (Wildman–Crippen LogP) is 0.994. The van der Waals surface area contributed by atoms with E-state index in [2.05, 4.69) is 5.32 Å². The minimum absolute atomic E-state index is 0.0645. The molecule has 2 amide bonds. The van der Waals surface area contributed by atoms with Crippen molar-refractivity contribution in [2.75, 3.05) is 33.4 Å². The first kappa shape index (κ1) is 19.9. The average molecular weight is 362 g/mol. The number of nitrogens with zero attached hydrogens (tertiary/aromatic N) is 1. The molecule has 26 heavy (non-hydrogen) atoms. The third kappa shape index (κ3) is 5.05. The summed E-state index contributed by atoms with van der Waals surface area (Å²) in [6.45, 7) is 2.42. The zero-order valence-electron chi connectivity index (χ0n) is 15.3. The van der Waals surface area contributed by atoms with E-state index in [-0.39, 0.29) is 31.5 Å². The van der Waals surface area contributed by atoms with Gasteiger partial charge in [-0.2, -0.15) is 0 Å². The molecule has 1 aromatic carbocycles. The van der Waals surface area contributed by atoms with Gasteiger partial charge in [-0.25, -0.2) is 0 Å². The van der Waals surface area contributed by atoms with Gasteiger partial charge < -0.3 is 20.1 Å². The van der Waals surface area contributed by atoms with Crippen LogP contribution in [0.25, 0.3) is 0 Å². The number of amides is 2. The summed E-state index contributed by atoms with van der Waals surface area (Å²) in [4.78, 5) is 37.2. The smallest absolute Gasteiger partial charge is 0.313 e. The first-order chi connectivity index (χ1) is 12.4. The zero-order chi connectivity index (χ0) is 19.2. The van der Waals surface area contributed by atoms with Gasteiger partial charge in [0.1, 0.15) is 5.41 Å². The van der Waals surface area contributed by atoms with Crippen LogP contribution in [0.4, 0.5) is 0 Å². The molecule has 0 aromatic heterocycles. The van der Waals surface area contributed by atoms with Crippen LogP contribution < -0.4 is 5.32 Å². The fourth-order valence-electron chi connectivity index (χ4n) is 3.10. The molecule has 1 atom stereocenters. The maximum Gasteiger partial charge on any atom is 0.313 e. The number of aliphatic carboxylic acids is 1. The molecule has 0 radical (unpaired) electrons. The summed E-state index contributed by atoms with van der Waals surface area (Å²) >= 11 is 0. The SMILES string of the molecule is COCC1(C(=O)O)CCN(C(=O)CNC(=O)CCc2ccc(C)cc2)C1. The number of carbonyl (C=O) groups excluding carboxylic acids is 2. The molecule has 1 aliphatic rings. The van der Waals surface area contributed by atoms with Crippen LogP contribution in [0.2, 0.25) is 0 Å². The zero-order valence-corrected chi connectivity index (χ0v) is 15.3. The fraction of sp³-hybridized carbons (Fsp3) is 0.526. The van der Waals surface area contributed by atoms with E-state index in [1.54, 1.807) is 0 Å². The molecular weight excluding hydrogens is 336 g/mol. The summed E-state index contributed by atoms with van der Waals surface area (Å²) in [7, 11) is 1.45. The van der Waals surface area contributed by atoms with Crippen molar-refractivity contribution in [2.45, 2.75) is 26.2 Å². The van der Waals surface area contributed by atoms with E-state index in [0.29, 0.717) is 25.8 Å². The molecule has 0 aliphatic carbocycles. The Morgan fingerprint density at radius 2 is 1.96 bits per heavy atom. The maximum absolute atomic E-state index is 12.3. The number of hydrogen-bond acceptors (Lipinski definition) is 4. The molecule has 2 rings (SSSR count). The van der Waals surface area contributed by atoms with Crippen LogP contribution in [0.1, 0.15) is 24.0 Å². The van der Waals surface area contributed by atoms with Gasteiger partial charge in [-0.15, -0.1) is 0 Å². The maximum atomic E-state index is 12.3. The molecule has 1 saturated heterocycles. The van der Waals surface area contributed by atoms with Crippen molar-refractivity contribution in [1.29, 1.82) is 0 Å². The van der Waals surface area contributed by atoms with Crippen molar-refractivity contribution in [3.63, 3.8) is 0 Å². The van der Waals surface area contributed by atoms with E-state index < -0.39 is 11.4 Å². The molecule has 142 valence electrons. The number of likely N-dealkylation sites (tertiary alicyclic amines) is 1. The number of carboxylic acid groups (broad SMARTS) is 1. The lowest BCUT2D eigenvalue weighted by Gasteiger charge is -2.23. The lowest BCUT2D eigenvalue weighted by Crippen LogP contribution is -2.43. The van der Waals surface area contributed by atoms with E-state index >= 15 is 0 Å². The molecular formula is C19H26N2O5. The minimum Gasteiger partial charge on any atom is -0.481 e. The Hall–Kier alpha value is -2.41. The molecule has 0 saturated carbocycles. The Morgan fingerprint density at radius 1 is 1.27 bits per heavy atom. The second-order valence-electron chi connectivity index (χ2n) is 6.85. The van der Waals surface area contributed by atoms with Gasteiger partial charge in [0.05, 0.1) is 13.2 Å². The predicted molar refractivity (Wildman–Crippen MR) is 95.7 cm³/mol. The first-order valence-corrected chi connectivity index (χ1v) is 8.69. The average Bonchev–Trinajstić information content (AvgIpc) is 3.05. The molecule has 1 unspecified atom stereocenters. The summed E-state index contributed by atoms with van der Waals surface area (Å²) in [5, 5.41) is 12.0. The number of ether oxygens (including phenoxy) is 1. The van der Waals surface area contributed by atoms with Crippen molar-refractivity contribution in [1.82, 2.24) is 10.2 Å². The molecule has 1 aromatic rings. The third-order valence-corrected chi connectivity index (χ3v) is 4.78. The Kier molecular flexibility index (Phi) is 6.74. The molecule has 1 aliphatic heterocycles. The van der Waals surface area contributed by atoms with Gasteiger partial charge in [0.25, 0.3) is 0 Å². The summed E-state index contributed by atoms with van der Waals surface area (Å²) in [6.07, 6.45) is 1.27. The van der Waals surface area contributed by atoms with Crippen LogP contribution in [0.5, 0.6) is 0 Å². The van der Waals surface area contributed by atoms with Crippen molar-refractivity contribution >= 4 is 17.8 Å².